The van der Waals surface area contributed by atoms with Crippen molar-refractivity contribution in [3.05, 3.63) is 29.3 Å². The number of amides is 1. The molecule has 0 unspecified atom stereocenters. The smallest absolute Gasteiger partial charge is 0.276 e. The third-order valence-electron chi connectivity index (χ3n) is 5.74. The first-order valence-corrected chi connectivity index (χ1v) is 9.80. The maximum absolute atomic E-state index is 12.4. The summed E-state index contributed by atoms with van der Waals surface area (Å²) in [6, 6.07) is 8.55. The highest BCUT2D eigenvalue weighted by Gasteiger charge is 2.32. The molecule has 0 bridgehead atoms. The van der Waals surface area contributed by atoms with Gasteiger partial charge in [0.05, 0.1) is 13.2 Å². The highest BCUT2D eigenvalue weighted by atomic mass is 16.5. The van der Waals surface area contributed by atoms with Crippen LogP contribution in [-0.2, 0) is 11.3 Å². The Labute approximate surface area is 163 Å². The second-order valence-electron chi connectivity index (χ2n) is 8.19. The molecule has 1 saturated heterocycles. The van der Waals surface area contributed by atoms with E-state index in [9.17, 15) is 10.1 Å². The second-order valence-corrected chi connectivity index (χ2v) is 8.19. The van der Waals surface area contributed by atoms with E-state index in [-0.39, 0.29) is 11.8 Å². The third kappa shape index (κ3) is 5.69. The largest absolute Gasteiger partial charge is 0.496 e. The molecule has 27 heavy (non-hydrogen) atoms. The van der Waals surface area contributed by atoms with Crippen molar-refractivity contribution in [2.75, 3.05) is 39.8 Å². The van der Waals surface area contributed by atoms with Gasteiger partial charge in [-0.3, -0.25) is 4.79 Å². The number of ether oxygens (including phenoxy) is 1. The number of nitrogens with one attached hydrogen (secondary N) is 3. The number of nitriles is 1. The summed E-state index contributed by atoms with van der Waals surface area (Å²) in [6.07, 6.45) is 0. The summed E-state index contributed by atoms with van der Waals surface area (Å²) in [5.74, 6) is 0.991. The van der Waals surface area contributed by atoms with Crippen LogP contribution in [0.1, 0.15) is 31.9 Å². The van der Waals surface area contributed by atoms with E-state index in [1.54, 1.807) is 14.0 Å². The molecule has 0 aliphatic carbocycles. The number of carbonyl (C=O) groups excluding carboxylic acids is 1. The number of piperazine rings is 1. The van der Waals surface area contributed by atoms with Gasteiger partial charge < -0.3 is 19.9 Å². The fourth-order valence-corrected chi connectivity index (χ4v) is 3.49. The van der Waals surface area contributed by atoms with Crippen LogP contribution in [0.25, 0.3) is 0 Å². The van der Waals surface area contributed by atoms with Crippen molar-refractivity contribution in [3.8, 4) is 11.8 Å². The zero-order valence-corrected chi connectivity index (χ0v) is 17.3. The molecule has 6 nitrogen and oxygen atoms in total. The monoisotopic (exact) mass is 374 g/mol. The highest BCUT2D eigenvalue weighted by Crippen LogP contribution is 2.18. The summed E-state index contributed by atoms with van der Waals surface area (Å²) in [7, 11) is 1.72. The Balaban J connectivity index is 1.85. The van der Waals surface area contributed by atoms with Crippen molar-refractivity contribution in [3.63, 3.8) is 0 Å². The number of benzene rings is 1. The highest BCUT2D eigenvalue weighted by molar-refractivity contribution is 5.78. The van der Waals surface area contributed by atoms with Crippen LogP contribution in [0.4, 0.5) is 0 Å². The number of methoxy groups -OCH3 is 1. The molecule has 0 saturated carbocycles. The lowest BCUT2D eigenvalue weighted by atomic mass is 9.90. The summed E-state index contributed by atoms with van der Waals surface area (Å²) in [6.45, 7) is 13.2. The number of aryl methyl sites for hydroxylation is 1. The van der Waals surface area contributed by atoms with Gasteiger partial charge in [0, 0.05) is 5.56 Å². The summed E-state index contributed by atoms with van der Waals surface area (Å²) in [4.78, 5) is 15.2. The standard InChI is InChI=1S/C21H32N4O2/c1-16(2)21(4,15-22)23-20(26)14-25-10-8-24(9-11-25)13-18-12-17(3)6-7-19(18)27-5/h6-7,12,16H,8-11,13-14H2,1-5H3,(H,23,26)/p+2/t21-/m0/s1. The molecule has 0 radical (unpaired) electrons. The normalized spacial score (nSPS) is 22.0. The van der Waals surface area contributed by atoms with Crippen molar-refractivity contribution in [1.29, 1.82) is 5.26 Å². The van der Waals surface area contributed by atoms with Crippen LogP contribution in [0.3, 0.4) is 0 Å². The molecule has 148 valence electrons. The van der Waals surface area contributed by atoms with Crippen molar-refractivity contribution >= 4 is 5.91 Å². The molecule has 1 aromatic carbocycles. The molecule has 1 aliphatic rings. The van der Waals surface area contributed by atoms with E-state index in [0.717, 1.165) is 38.5 Å². The van der Waals surface area contributed by atoms with Crippen LogP contribution in [-0.4, -0.2) is 51.3 Å². The SMILES string of the molecule is COc1ccc(C)cc1C[NH+]1CC[NH+](CC(=O)N[C@@](C)(C#N)C(C)C)CC1. The minimum Gasteiger partial charge on any atom is -0.496 e. The van der Waals surface area contributed by atoms with Crippen LogP contribution >= 0.6 is 0 Å². The van der Waals surface area contributed by atoms with Crippen LogP contribution in [0.15, 0.2) is 18.2 Å². The fraction of sp³-hybridized carbons (Fsp3) is 0.619. The van der Waals surface area contributed by atoms with E-state index < -0.39 is 5.54 Å². The quantitative estimate of drug-likeness (QED) is 0.594. The number of rotatable bonds is 7. The van der Waals surface area contributed by atoms with E-state index in [2.05, 4.69) is 30.4 Å². The lowest BCUT2D eigenvalue weighted by molar-refractivity contribution is -1.02. The molecule has 0 aromatic heterocycles. The van der Waals surface area contributed by atoms with Gasteiger partial charge in [0.2, 0.25) is 0 Å². The predicted octanol–water partition coefficient (Wildman–Crippen LogP) is -0.658. The molecule has 1 amide bonds. The third-order valence-corrected chi connectivity index (χ3v) is 5.74. The minimum atomic E-state index is -0.800. The molecular weight excluding hydrogens is 340 g/mol. The van der Waals surface area contributed by atoms with Gasteiger partial charge in [0.25, 0.3) is 5.91 Å². The Bertz CT molecular complexity index is 690. The summed E-state index contributed by atoms with van der Waals surface area (Å²) in [5, 5.41) is 12.3. The molecular formula is C21H34N4O2+2. The average molecular weight is 375 g/mol. The zero-order valence-electron chi connectivity index (χ0n) is 17.3. The van der Waals surface area contributed by atoms with Gasteiger partial charge in [-0.2, -0.15) is 5.26 Å². The van der Waals surface area contributed by atoms with E-state index in [1.165, 1.54) is 20.9 Å². The topological polar surface area (TPSA) is 71.0 Å². The van der Waals surface area contributed by atoms with Crippen molar-refractivity contribution in [2.24, 2.45) is 5.92 Å². The number of nitrogens with zero attached hydrogens (tertiary/aromatic N) is 1. The molecule has 1 aromatic rings. The first kappa shape index (κ1) is 21.2. The molecule has 1 heterocycles. The number of hydrogen-bond acceptors (Lipinski definition) is 3. The lowest BCUT2D eigenvalue weighted by Gasteiger charge is -2.31. The second kappa shape index (κ2) is 9.20. The summed E-state index contributed by atoms with van der Waals surface area (Å²) in [5.41, 5.74) is 1.69. The van der Waals surface area contributed by atoms with Crippen LogP contribution in [0, 0.1) is 24.2 Å². The molecule has 1 aliphatic heterocycles. The van der Waals surface area contributed by atoms with E-state index in [0.29, 0.717) is 6.54 Å². The van der Waals surface area contributed by atoms with E-state index >= 15 is 0 Å². The van der Waals surface area contributed by atoms with Gasteiger partial charge in [-0.25, -0.2) is 0 Å². The zero-order chi connectivity index (χ0) is 20.0. The van der Waals surface area contributed by atoms with Gasteiger partial charge in [-0.1, -0.05) is 25.5 Å². The Morgan fingerprint density at radius 2 is 1.93 bits per heavy atom. The van der Waals surface area contributed by atoms with Crippen LogP contribution in [0.2, 0.25) is 0 Å². The van der Waals surface area contributed by atoms with Crippen molar-refractivity contribution in [1.82, 2.24) is 5.32 Å². The average Bonchev–Trinajstić information content (AvgIpc) is 2.63. The van der Waals surface area contributed by atoms with Gasteiger partial charge in [-0.15, -0.1) is 0 Å². The molecule has 2 rings (SSSR count). The van der Waals surface area contributed by atoms with E-state index in [4.69, 9.17) is 4.74 Å². The summed E-state index contributed by atoms with van der Waals surface area (Å²) < 4.78 is 5.49. The first-order valence-electron chi connectivity index (χ1n) is 9.80. The van der Waals surface area contributed by atoms with Gasteiger partial charge in [-0.05, 0) is 31.9 Å². The molecule has 3 N–H and O–H groups in total. The van der Waals surface area contributed by atoms with Crippen LogP contribution < -0.4 is 19.9 Å². The maximum Gasteiger partial charge on any atom is 0.276 e. The van der Waals surface area contributed by atoms with Crippen molar-refractivity contribution in [2.45, 2.75) is 39.8 Å². The molecule has 6 heteroatoms. The number of quaternary nitrogens is 2. The molecule has 0 spiro atoms. The number of hydrogen-bond donors (Lipinski definition) is 3. The summed E-state index contributed by atoms with van der Waals surface area (Å²) >= 11 is 0. The lowest BCUT2D eigenvalue weighted by Crippen LogP contribution is -3.28. The van der Waals surface area contributed by atoms with Gasteiger partial charge in [0.1, 0.15) is 44.0 Å². The molecule has 1 atom stereocenters. The Morgan fingerprint density at radius 3 is 2.48 bits per heavy atom. The maximum atomic E-state index is 12.4. The Morgan fingerprint density at radius 1 is 1.30 bits per heavy atom. The van der Waals surface area contributed by atoms with E-state index in [1.807, 2.05) is 19.9 Å². The first-order chi connectivity index (χ1) is 12.8. The van der Waals surface area contributed by atoms with Gasteiger partial charge in [0.15, 0.2) is 6.54 Å². The van der Waals surface area contributed by atoms with Crippen LogP contribution in [0.5, 0.6) is 5.75 Å². The fourth-order valence-electron chi connectivity index (χ4n) is 3.49. The molecule has 1 fully saturated rings. The number of carbonyl (C=O) groups is 1. The van der Waals surface area contributed by atoms with Gasteiger partial charge >= 0.3 is 0 Å². The Kier molecular flexibility index (Phi) is 7.23. The van der Waals surface area contributed by atoms with Crippen molar-refractivity contribution < 1.29 is 19.3 Å². The Hall–Kier alpha value is -2.10. The minimum absolute atomic E-state index is 0.0356. The predicted molar refractivity (Wildman–Crippen MR) is 105 cm³/mol.